The first kappa shape index (κ1) is 67.6. The molecule has 1 aromatic carbocycles. The van der Waals surface area contributed by atoms with Gasteiger partial charge >= 0.3 is 0 Å². The lowest BCUT2D eigenvalue weighted by Gasteiger charge is -1.90. The fraction of sp³-hybridized carbons (Fsp3) is 0. The van der Waals surface area contributed by atoms with Crippen molar-refractivity contribution in [2.45, 2.75) is 0 Å². The Bertz CT molecular complexity index is 4740. The van der Waals surface area contributed by atoms with E-state index in [1.165, 1.54) is 25.3 Å². The highest BCUT2D eigenvalue weighted by molar-refractivity contribution is 5.73. The van der Waals surface area contributed by atoms with E-state index < -0.39 is 0 Å². The Morgan fingerprint density at radius 1 is 0.194 bits per heavy atom. The largest absolute Gasteiger partial charge is 0.321 e. The molecule has 22 aromatic rings. The summed E-state index contributed by atoms with van der Waals surface area (Å²) in [5.74, 6) is 0. The van der Waals surface area contributed by atoms with Crippen molar-refractivity contribution < 1.29 is 0 Å². The molecule has 0 unspecified atom stereocenters. The van der Waals surface area contributed by atoms with Crippen LogP contribution < -0.4 is 0 Å². The van der Waals surface area contributed by atoms with Crippen molar-refractivity contribution >= 4 is 83.3 Å². The second-order valence-corrected chi connectivity index (χ2v) is 20.8. The van der Waals surface area contributed by atoms with E-state index in [4.69, 9.17) is 0 Å². The number of hydrogen-bond donors (Lipinski definition) is 0. The maximum atomic E-state index is 4.12. The van der Waals surface area contributed by atoms with Gasteiger partial charge in [-0.2, -0.15) is 5.10 Å². The summed E-state index contributed by atoms with van der Waals surface area (Å²) in [5, 5.41) is 3.95. The van der Waals surface area contributed by atoms with E-state index in [1.54, 1.807) is 116 Å². The van der Waals surface area contributed by atoms with Crippen LogP contribution in [-0.2, 0) is 0 Å². The quantitative estimate of drug-likeness (QED) is 0.136. The second-order valence-electron chi connectivity index (χ2n) is 20.8. The minimum Gasteiger partial charge on any atom is -0.321 e. The van der Waals surface area contributed by atoms with E-state index in [0.717, 1.165) is 77.6 Å². The molecule has 0 aliphatic heterocycles. The Hall–Kier alpha value is -15.4. The molecule has 0 amide bonds. The molecule has 0 saturated carbocycles. The molecule has 0 aliphatic rings. The molecule has 0 atom stereocenters. The maximum absolute atomic E-state index is 4.12. The fourth-order valence-electron chi connectivity index (χ4n) is 9.20. The lowest BCUT2D eigenvalue weighted by molar-refractivity contribution is 0.903. The summed E-state index contributed by atoms with van der Waals surface area (Å²) >= 11 is 0. The number of hydrogen-bond acceptors (Lipinski definition) is 21. The number of para-hydroxylation sites is 2. The van der Waals surface area contributed by atoms with Crippen LogP contribution in [0, 0.1) is 0 Å². The molecule has 21 aromatic heterocycles. The van der Waals surface area contributed by atoms with Gasteiger partial charge in [-0.1, -0.05) is 24.3 Å². The molecule has 0 bridgehead atoms. The van der Waals surface area contributed by atoms with Crippen molar-refractivity contribution in [3.8, 4) is 0 Å². The Kier molecular flexibility index (Phi) is 24.1. The monoisotopic (exact) mass is 1350 g/mol. The molecule has 21 heterocycles. The highest BCUT2D eigenvalue weighted by Gasteiger charge is 1.96. The molecule has 0 fully saturated rings. The average molecular weight is 1350 g/mol. The van der Waals surface area contributed by atoms with Crippen LogP contribution >= 0.6 is 0 Å². The Morgan fingerprint density at radius 3 is 1.29 bits per heavy atom. The molecule has 0 N–H and O–H groups in total. The van der Waals surface area contributed by atoms with Crippen LogP contribution in [0.2, 0.25) is 0 Å². The first-order valence-electron chi connectivity index (χ1n) is 31.5. The van der Waals surface area contributed by atoms with Gasteiger partial charge in [0, 0.05) is 143 Å². The Labute approximate surface area is 585 Å². The smallest absolute Gasteiger partial charge is 0.178 e. The number of imidazole rings is 2. The third-order valence-corrected chi connectivity index (χ3v) is 14.1. The molecular formula is C75H60N28. The maximum Gasteiger partial charge on any atom is 0.178 e. The summed E-state index contributed by atoms with van der Waals surface area (Å²) in [5.41, 5.74) is 14.1. The van der Waals surface area contributed by atoms with Crippen LogP contribution in [0.15, 0.2) is 369 Å². The Balaban J connectivity index is 0.000000107. The number of fused-ring (bicyclic) bond motifs is 11. The van der Waals surface area contributed by atoms with Crippen LogP contribution in [0.1, 0.15) is 0 Å². The third kappa shape index (κ3) is 20.1. The highest BCUT2D eigenvalue weighted by Crippen LogP contribution is 2.08. The molecule has 500 valence electrons. The molecule has 22 rings (SSSR count). The number of benzene rings is 1. The van der Waals surface area contributed by atoms with Crippen molar-refractivity contribution in [3.05, 3.63) is 369 Å². The van der Waals surface area contributed by atoms with Gasteiger partial charge in [0.25, 0.3) is 0 Å². The van der Waals surface area contributed by atoms with Gasteiger partial charge in [0.2, 0.25) is 0 Å². The van der Waals surface area contributed by atoms with E-state index in [2.05, 4.69) is 105 Å². The van der Waals surface area contributed by atoms with Crippen LogP contribution in [0.3, 0.4) is 0 Å². The van der Waals surface area contributed by atoms with Crippen LogP contribution in [0.4, 0.5) is 0 Å². The van der Waals surface area contributed by atoms with Gasteiger partial charge in [0.15, 0.2) is 5.65 Å². The lowest BCUT2D eigenvalue weighted by atomic mass is 10.3. The lowest BCUT2D eigenvalue weighted by Crippen LogP contribution is -1.87. The standard InChI is InChI=1S/C8H6N2.2C7H5N3.5C7H6N2.C6H4N4.2C6H5N3/c1-2-4-8-7(3-1)9-5-6-10-8;1-2-8-5-7-6(1)9-3-4-10-7;1-2-6-7(9-3-1)10-5-4-8-6;1-3-7-8-4-2-6-9(7)5-1;2*1-2-7-6-8-3-5-9(7)4-1;1-2-5-9-6-4-8-7(9)3-1;1-2-4-9-6-8-5-7(9)3-1;1-5-6(10-3-7-1)2-8-4-9-5;1-2-6-8-4-7-5-9(6)3-1;1-2-6-4-7-5-8-9(6)3-1/h1-6H;2*1-5H;5*1-6H;1-4H;2*1-5H. The van der Waals surface area contributed by atoms with Gasteiger partial charge in [0.1, 0.15) is 70.6 Å². The third-order valence-electron chi connectivity index (χ3n) is 14.1. The van der Waals surface area contributed by atoms with E-state index in [-0.39, 0.29) is 0 Å². The van der Waals surface area contributed by atoms with Crippen LogP contribution in [0.25, 0.3) is 83.3 Å². The minimum atomic E-state index is 0.699. The summed E-state index contributed by atoms with van der Waals surface area (Å²) in [6.45, 7) is 0. The molecule has 28 heteroatoms. The molecular weight excluding hydrogens is 1290 g/mol. The summed E-state index contributed by atoms with van der Waals surface area (Å²) in [7, 11) is 0. The first-order valence-corrected chi connectivity index (χ1v) is 31.5. The van der Waals surface area contributed by atoms with Crippen LogP contribution in [0.5, 0.6) is 0 Å². The summed E-state index contributed by atoms with van der Waals surface area (Å²) in [6.07, 6.45) is 63.8. The van der Waals surface area contributed by atoms with Crippen molar-refractivity contribution in [1.29, 1.82) is 0 Å². The summed E-state index contributed by atoms with van der Waals surface area (Å²) < 4.78 is 13.6. The summed E-state index contributed by atoms with van der Waals surface area (Å²) in [4.78, 5) is 79.6. The second kappa shape index (κ2) is 36.7. The molecule has 0 saturated heterocycles. The fourth-order valence-corrected chi connectivity index (χ4v) is 9.20. The van der Waals surface area contributed by atoms with Crippen molar-refractivity contribution in [2.75, 3.05) is 0 Å². The van der Waals surface area contributed by atoms with Crippen molar-refractivity contribution in [3.63, 3.8) is 0 Å². The molecule has 0 aliphatic carbocycles. The predicted molar refractivity (Wildman–Crippen MR) is 391 cm³/mol. The number of aromatic nitrogens is 28. The zero-order chi connectivity index (χ0) is 70.0. The average Bonchev–Trinajstić information content (AvgIpc) is 1.22. The van der Waals surface area contributed by atoms with Gasteiger partial charge in [-0.25, -0.2) is 64.3 Å². The summed E-state index contributed by atoms with van der Waals surface area (Å²) in [6, 6.07) is 46.9. The molecule has 0 radical (unpaired) electrons. The number of pyridine rings is 4. The number of rotatable bonds is 0. The van der Waals surface area contributed by atoms with Crippen LogP contribution in [-0.4, -0.2) is 136 Å². The minimum absolute atomic E-state index is 0.699. The molecule has 0 spiro atoms. The normalized spacial score (nSPS) is 10.1. The van der Waals surface area contributed by atoms with Gasteiger partial charge in [-0.05, 0) is 121 Å². The van der Waals surface area contributed by atoms with Gasteiger partial charge in [-0.3, -0.25) is 44.3 Å². The SMILES string of the molecule is c1cc2cnccn2c1.c1cc2cnccn2c1.c1cc2cncnn2c1.c1cc2nccnc2cn1.c1cc2ncncn2c1.c1ccc2nccnc2c1.c1ccn2ccnc2c1.c1ccn2cncc2c1.c1cnc2cccn2c1.c1cnc2nccnc2c1.c1ncc2ncncc2n1. The van der Waals surface area contributed by atoms with Gasteiger partial charge < -0.3 is 22.0 Å². The van der Waals surface area contributed by atoms with E-state index in [9.17, 15) is 0 Å². The van der Waals surface area contributed by atoms with E-state index in [0.29, 0.717) is 5.65 Å². The topological polar surface area (TPSA) is 302 Å². The first-order chi connectivity index (χ1) is 51.1. The van der Waals surface area contributed by atoms with Crippen molar-refractivity contribution in [1.82, 2.24) is 136 Å². The van der Waals surface area contributed by atoms with E-state index in [1.807, 2.05) is 259 Å². The Morgan fingerprint density at radius 2 is 0.621 bits per heavy atom. The molecule has 28 nitrogen and oxygen atoms in total. The van der Waals surface area contributed by atoms with Gasteiger partial charge in [-0.15, -0.1) is 0 Å². The van der Waals surface area contributed by atoms with E-state index >= 15 is 0 Å². The molecule has 103 heavy (non-hydrogen) atoms. The highest BCUT2D eigenvalue weighted by atomic mass is 15.2. The van der Waals surface area contributed by atoms with Crippen molar-refractivity contribution in [2.24, 2.45) is 0 Å². The van der Waals surface area contributed by atoms with Gasteiger partial charge in [0.05, 0.1) is 88.3 Å². The zero-order valence-corrected chi connectivity index (χ0v) is 54.7. The predicted octanol–water partition coefficient (Wildman–Crippen LogP) is 12.2. The number of nitrogens with zero attached hydrogens (tertiary/aromatic N) is 28. The zero-order valence-electron chi connectivity index (χ0n) is 54.7.